The maximum absolute atomic E-state index is 14.5. The average Bonchev–Trinajstić information content (AvgIpc) is 3.60. The number of carbonyl (C=O) groups excluding carboxylic acids is 7. The van der Waals surface area contributed by atoms with Gasteiger partial charge in [-0.1, -0.05) is 93.8 Å². The summed E-state index contributed by atoms with van der Waals surface area (Å²) in [5.41, 5.74) is 5.98. The normalized spacial score (nSPS) is 18.8. The van der Waals surface area contributed by atoms with Gasteiger partial charge in [0.25, 0.3) is 5.91 Å². The maximum atomic E-state index is 14.5. The highest BCUT2D eigenvalue weighted by molar-refractivity contribution is 6.38. The van der Waals surface area contributed by atoms with Crippen LogP contribution in [0.25, 0.3) is 0 Å². The molecular formula is C42H58N6O9. The zero-order valence-corrected chi connectivity index (χ0v) is 33.6. The molecule has 6 N–H and O–H groups in total. The molecule has 0 spiro atoms. The first-order chi connectivity index (χ1) is 27.0. The average molecular weight is 791 g/mol. The third-order valence-corrected chi connectivity index (χ3v) is 9.85. The summed E-state index contributed by atoms with van der Waals surface area (Å²) in [6.45, 7) is 8.99. The van der Waals surface area contributed by atoms with Gasteiger partial charge >= 0.3 is 6.09 Å². The summed E-state index contributed by atoms with van der Waals surface area (Å²) in [7, 11) is 0. The third-order valence-electron chi connectivity index (χ3n) is 9.85. The molecular weight excluding hydrogens is 732 g/mol. The van der Waals surface area contributed by atoms with Crippen molar-refractivity contribution in [2.45, 2.75) is 115 Å². The molecule has 0 aromatic heterocycles. The summed E-state index contributed by atoms with van der Waals surface area (Å²) in [6.07, 6.45) is 2.99. The summed E-state index contributed by atoms with van der Waals surface area (Å²) in [5.74, 6) is -4.98. The van der Waals surface area contributed by atoms with Gasteiger partial charge < -0.3 is 41.4 Å². The smallest absolute Gasteiger partial charge is 0.407 e. The van der Waals surface area contributed by atoms with E-state index in [1.807, 2.05) is 34.6 Å². The second-order valence-corrected chi connectivity index (χ2v) is 16.2. The van der Waals surface area contributed by atoms with Crippen molar-refractivity contribution in [1.29, 1.82) is 0 Å². The van der Waals surface area contributed by atoms with Gasteiger partial charge in [-0.15, -0.1) is 0 Å². The van der Waals surface area contributed by atoms with Crippen LogP contribution in [-0.2, 0) is 44.7 Å². The molecule has 2 aromatic carbocycles. The monoisotopic (exact) mass is 790 g/mol. The zero-order valence-electron chi connectivity index (χ0n) is 33.6. The maximum Gasteiger partial charge on any atom is 0.407 e. The van der Waals surface area contributed by atoms with E-state index in [0.29, 0.717) is 24.0 Å². The second kappa shape index (κ2) is 20.7. The summed E-state index contributed by atoms with van der Waals surface area (Å²) in [6, 6.07) is 12.5. The van der Waals surface area contributed by atoms with Gasteiger partial charge in [-0.05, 0) is 56.6 Å². The lowest BCUT2D eigenvalue weighted by molar-refractivity contribution is -0.143. The van der Waals surface area contributed by atoms with Crippen LogP contribution in [0.5, 0.6) is 0 Å². The first-order valence-corrected chi connectivity index (χ1v) is 19.7. The molecule has 2 aromatic rings. The van der Waals surface area contributed by atoms with E-state index in [1.54, 1.807) is 60.7 Å². The van der Waals surface area contributed by atoms with E-state index in [1.165, 1.54) is 4.90 Å². The van der Waals surface area contributed by atoms with E-state index in [2.05, 4.69) is 21.3 Å². The molecule has 310 valence electrons. The van der Waals surface area contributed by atoms with E-state index in [-0.39, 0.29) is 37.8 Å². The lowest BCUT2D eigenvalue weighted by Crippen LogP contribution is -2.58. The summed E-state index contributed by atoms with van der Waals surface area (Å²) in [4.78, 5) is 95.2. The Hall–Kier alpha value is -5.31. The van der Waals surface area contributed by atoms with Crippen LogP contribution >= 0.6 is 0 Å². The number of amides is 6. The Kier molecular flexibility index (Phi) is 16.2. The number of rotatable bonds is 17. The Morgan fingerprint density at radius 3 is 2.09 bits per heavy atom. The second-order valence-electron chi connectivity index (χ2n) is 16.2. The number of nitrogens with zero attached hydrogens (tertiary/aromatic N) is 1. The molecule has 0 radical (unpaired) electrons. The number of hydrogen-bond acceptors (Lipinski definition) is 9. The molecule has 1 heterocycles. The molecule has 2 fully saturated rings. The SMILES string of the molecule is CC(C)COC(=O)N[C@H](C(=O)N1C[C@H](OC(C)(C)C)C[C@H]1C(=O)N[C@@H](Cc1ccccc1)C(=O)C(=O)NCC(=O)N[C@H](C(N)=O)c1ccccc1)C1CCCCC1. The van der Waals surface area contributed by atoms with Crippen LogP contribution in [0.1, 0.15) is 90.3 Å². The van der Waals surface area contributed by atoms with Crippen LogP contribution in [0.4, 0.5) is 4.79 Å². The van der Waals surface area contributed by atoms with Crippen molar-refractivity contribution >= 4 is 41.4 Å². The Bertz CT molecular complexity index is 1710. The molecule has 6 amide bonds. The van der Waals surface area contributed by atoms with Gasteiger partial charge in [0.05, 0.1) is 24.9 Å². The largest absolute Gasteiger partial charge is 0.449 e. The van der Waals surface area contributed by atoms with E-state index in [0.717, 1.165) is 19.3 Å². The molecule has 2 aliphatic rings. The van der Waals surface area contributed by atoms with Crippen molar-refractivity contribution < 1.29 is 43.0 Å². The number of ether oxygens (including phenoxy) is 2. The van der Waals surface area contributed by atoms with E-state index < -0.39 is 83.8 Å². The molecule has 1 saturated heterocycles. The van der Waals surface area contributed by atoms with Crippen LogP contribution in [0.15, 0.2) is 60.7 Å². The fraction of sp³-hybridized carbons (Fsp3) is 0.548. The Labute approximate surface area is 334 Å². The lowest BCUT2D eigenvalue weighted by Gasteiger charge is -2.34. The molecule has 1 saturated carbocycles. The number of nitrogens with two attached hydrogens (primary N) is 1. The molecule has 15 nitrogen and oxygen atoms in total. The van der Waals surface area contributed by atoms with Gasteiger partial charge in [-0.25, -0.2) is 4.79 Å². The van der Waals surface area contributed by atoms with E-state index in [9.17, 15) is 33.6 Å². The van der Waals surface area contributed by atoms with Gasteiger partial charge in [0.1, 0.15) is 24.2 Å². The first-order valence-electron chi connectivity index (χ1n) is 19.7. The molecule has 0 unspecified atom stereocenters. The van der Waals surface area contributed by atoms with Crippen molar-refractivity contribution in [2.24, 2.45) is 17.6 Å². The highest BCUT2D eigenvalue weighted by Gasteiger charge is 2.46. The topological polar surface area (TPSA) is 215 Å². The fourth-order valence-corrected chi connectivity index (χ4v) is 7.22. The van der Waals surface area contributed by atoms with Crippen molar-refractivity contribution in [1.82, 2.24) is 26.2 Å². The third kappa shape index (κ3) is 13.7. The number of benzene rings is 2. The van der Waals surface area contributed by atoms with Crippen molar-refractivity contribution in [2.75, 3.05) is 19.7 Å². The molecule has 1 aliphatic heterocycles. The highest BCUT2D eigenvalue weighted by atomic mass is 16.5. The minimum atomic E-state index is -1.39. The summed E-state index contributed by atoms with van der Waals surface area (Å²) in [5, 5.41) is 10.3. The number of Topliss-reactive ketones (excluding diaryl/α,β-unsaturated/α-hetero) is 1. The van der Waals surface area contributed by atoms with Crippen LogP contribution in [0, 0.1) is 11.8 Å². The highest BCUT2D eigenvalue weighted by Crippen LogP contribution is 2.31. The molecule has 1 aliphatic carbocycles. The number of ketones is 1. The van der Waals surface area contributed by atoms with Gasteiger partial charge in [-0.3, -0.25) is 28.8 Å². The Morgan fingerprint density at radius 1 is 0.860 bits per heavy atom. The number of likely N-dealkylation sites (tertiary alicyclic amines) is 1. The van der Waals surface area contributed by atoms with Crippen LogP contribution in [-0.4, -0.2) is 95.8 Å². The molecule has 57 heavy (non-hydrogen) atoms. The number of hydrogen-bond donors (Lipinski definition) is 5. The van der Waals surface area contributed by atoms with Gasteiger partial charge in [0.2, 0.25) is 29.4 Å². The van der Waals surface area contributed by atoms with Gasteiger partial charge in [-0.2, -0.15) is 0 Å². The predicted molar refractivity (Wildman–Crippen MR) is 211 cm³/mol. The molecule has 0 bridgehead atoms. The predicted octanol–water partition coefficient (Wildman–Crippen LogP) is 2.86. The number of primary amides is 1. The zero-order chi connectivity index (χ0) is 41.7. The van der Waals surface area contributed by atoms with Gasteiger partial charge in [0, 0.05) is 19.4 Å². The number of nitrogens with one attached hydrogen (secondary N) is 4. The molecule has 4 rings (SSSR count). The minimum Gasteiger partial charge on any atom is -0.449 e. The Morgan fingerprint density at radius 2 is 1.49 bits per heavy atom. The number of alkyl carbamates (subject to hydrolysis) is 1. The minimum absolute atomic E-state index is 0.0578. The molecule has 5 atom stereocenters. The quantitative estimate of drug-likeness (QED) is 0.149. The van der Waals surface area contributed by atoms with Crippen LogP contribution in [0.3, 0.4) is 0 Å². The van der Waals surface area contributed by atoms with Gasteiger partial charge in [0.15, 0.2) is 0 Å². The fourth-order valence-electron chi connectivity index (χ4n) is 7.22. The first kappa shape index (κ1) is 44.4. The van der Waals surface area contributed by atoms with E-state index >= 15 is 0 Å². The summed E-state index contributed by atoms with van der Waals surface area (Å²) >= 11 is 0. The van der Waals surface area contributed by atoms with Crippen LogP contribution < -0.4 is 27.0 Å². The summed E-state index contributed by atoms with van der Waals surface area (Å²) < 4.78 is 11.7. The standard InChI is InChI=1S/C42H58N6O9/c1-26(2)25-56-41(55)47-35(29-19-13-8-14-20-29)40(54)48-24-30(57-42(3,4)5)22-32(48)38(52)45-31(21-27-15-9-6-10-16-27)36(50)39(53)44-23-33(49)46-34(37(43)51)28-17-11-7-12-18-28/h6-7,9-12,15-18,26,29-32,34-35H,8,13-14,19-25H2,1-5H3,(H2,43,51)(H,44,53)(H,45,52)(H,46,49)(H,47,55)/t30-,31+,32+,34+,35+/m1/s1. The van der Waals surface area contributed by atoms with E-state index in [4.69, 9.17) is 15.2 Å². The number of carbonyl (C=O) groups is 7. The van der Waals surface area contributed by atoms with Crippen LogP contribution in [0.2, 0.25) is 0 Å². The van der Waals surface area contributed by atoms with Crippen molar-refractivity contribution in [3.8, 4) is 0 Å². The Balaban J connectivity index is 1.54. The van der Waals surface area contributed by atoms with Crippen molar-refractivity contribution in [3.63, 3.8) is 0 Å². The molecule has 15 heteroatoms. The van der Waals surface area contributed by atoms with Crippen molar-refractivity contribution in [3.05, 3.63) is 71.8 Å². The lowest BCUT2D eigenvalue weighted by atomic mass is 9.83.